The lowest BCUT2D eigenvalue weighted by Gasteiger charge is -2.13. The maximum absolute atomic E-state index is 13.6. The molecule has 1 aliphatic heterocycles. The molecule has 2 amide bonds. The molecule has 0 unspecified atom stereocenters. The highest BCUT2D eigenvalue weighted by atomic mass is 32.2. The second kappa shape index (κ2) is 5.78. The first-order chi connectivity index (χ1) is 11.7. The molecule has 0 bridgehead atoms. The van der Waals surface area contributed by atoms with Crippen LogP contribution in [0.25, 0.3) is 0 Å². The highest BCUT2D eigenvalue weighted by Crippen LogP contribution is 2.24. The Labute approximate surface area is 141 Å². The summed E-state index contributed by atoms with van der Waals surface area (Å²) in [5.74, 6) is -3.84. The van der Waals surface area contributed by atoms with E-state index in [4.69, 9.17) is 4.84 Å². The van der Waals surface area contributed by atoms with Gasteiger partial charge in [0.1, 0.15) is 10.7 Å². The molecule has 0 atom stereocenters. The molecule has 128 valence electrons. The summed E-state index contributed by atoms with van der Waals surface area (Å²) in [6.07, 6.45) is 0.782. The molecule has 0 saturated carbocycles. The van der Waals surface area contributed by atoms with Crippen molar-refractivity contribution in [2.24, 2.45) is 0 Å². The molecule has 0 aromatic heterocycles. The molecule has 1 heterocycles. The number of amides is 2. The summed E-state index contributed by atoms with van der Waals surface area (Å²) in [4.78, 5) is 40.5. The van der Waals surface area contributed by atoms with Gasteiger partial charge in [0.2, 0.25) is 0 Å². The lowest BCUT2D eigenvalue weighted by atomic mass is 10.1. The van der Waals surface area contributed by atoms with Crippen LogP contribution in [0.3, 0.4) is 0 Å². The Hall–Kier alpha value is -3.07. The first-order valence-electron chi connectivity index (χ1n) is 6.90. The summed E-state index contributed by atoms with van der Waals surface area (Å²) < 4.78 is 36.6. The number of rotatable bonds is 3. The minimum Gasteiger partial charge on any atom is -0.324 e. The van der Waals surface area contributed by atoms with Crippen LogP contribution < -0.4 is 0 Å². The smallest absolute Gasteiger partial charge is 0.324 e. The van der Waals surface area contributed by atoms with Gasteiger partial charge in [-0.2, -0.15) is 0 Å². The fraction of sp³-hybridized carbons (Fsp3) is 0.0625. The van der Waals surface area contributed by atoms with E-state index in [0.717, 1.165) is 24.5 Å². The summed E-state index contributed by atoms with van der Waals surface area (Å²) in [6.45, 7) is 0. The average molecular weight is 363 g/mol. The number of benzene rings is 2. The molecule has 0 N–H and O–H groups in total. The fourth-order valence-corrected chi connectivity index (χ4v) is 3.06. The average Bonchev–Trinajstić information content (AvgIpc) is 2.79. The number of hydroxylamine groups is 2. The van der Waals surface area contributed by atoms with Crippen molar-refractivity contribution in [1.29, 1.82) is 0 Å². The number of sulfone groups is 1. The molecule has 3 rings (SSSR count). The monoisotopic (exact) mass is 363 g/mol. The molecule has 25 heavy (non-hydrogen) atoms. The van der Waals surface area contributed by atoms with Gasteiger partial charge in [0, 0.05) is 6.26 Å². The van der Waals surface area contributed by atoms with Crippen molar-refractivity contribution in [3.63, 3.8) is 0 Å². The summed E-state index contributed by atoms with van der Waals surface area (Å²) in [5.41, 5.74) is -0.161. The molecule has 2 aromatic carbocycles. The van der Waals surface area contributed by atoms with Gasteiger partial charge in [0.15, 0.2) is 9.84 Å². The molecule has 0 fully saturated rings. The van der Waals surface area contributed by atoms with Gasteiger partial charge >= 0.3 is 5.97 Å². The minimum absolute atomic E-state index is 0.0798. The van der Waals surface area contributed by atoms with E-state index < -0.39 is 38.3 Å². The van der Waals surface area contributed by atoms with Gasteiger partial charge in [-0.3, -0.25) is 9.59 Å². The van der Waals surface area contributed by atoms with E-state index in [1.54, 1.807) is 12.1 Å². The minimum atomic E-state index is -3.91. The topological polar surface area (TPSA) is 97.8 Å². The van der Waals surface area contributed by atoms with E-state index in [2.05, 4.69) is 0 Å². The third-order valence-corrected chi connectivity index (χ3v) is 4.61. The van der Waals surface area contributed by atoms with Crippen molar-refractivity contribution in [2.75, 3.05) is 6.26 Å². The van der Waals surface area contributed by atoms with Gasteiger partial charge in [0.05, 0.1) is 16.7 Å². The van der Waals surface area contributed by atoms with Crippen LogP contribution in [0.4, 0.5) is 4.39 Å². The number of hydrogen-bond donors (Lipinski definition) is 0. The zero-order valence-corrected chi connectivity index (χ0v) is 13.5. The molecular weight excluding hydrogens is 353 g/mol. The Morgan fingerprint density at radius 3 is 2.12 bits per heavy atom. The van der Waals surface area contributed by atoms with E-state index in [1.807, 2.05) is 0 Å². The third kappa shape index (κ3) is 2.89. The van der Waals surface area contributed by atoms with Gasteiger partial charge in [-0.1, -0.05) is 17.2 Å². The lowest BCUT2D eigenvalue weighted by Crippen LogP contribution is -2.32. The standard InChI is InChI=1S/C16H10FNO6S/c1-25(22,23)13-8-9(6-7-12(13)17)16(21)24-18-14(19)10-4-2-3-5-11(10)15(18)20/h2-8H,1H3. The van der Waals surface area contributed by atoms with Crippen molar-refractivity contribution in [3.05, 3.63) is 65.0 Å². The zero-order valence-electron chi connectivity index (χ0n) is 12.7. The molecule has 2 aromatic rings. The van der Waals surface area contributed by atoms with Crippen molar-refractivity contribution >= 4 is 27.6 Å². The highest BCUT2D eigenvalue weighted by molar-refractivity contribution is 7.90. The summed E-state index contributed by atoms with van der Waals surface area (Å²) in [5, 5.41) is 0.288. The van der Waals surface area contributed by atoms with Gasteiger partial charge < -0.3 is 4.84 Å². The Morgan fingerprint density at radius 2 is 1.60 bits per heavy atom. The second-order valence-electron chi connectivity index (χ2n) is 5.25. The highest BCUT2D eigenvalue weighted by Gasteiger charge is 2.38. The Kier molecular flexibility index (Phi) is 3.88. The van der Waals surface area contributed by atoms with Crippen LogP contribution in [-0.2, 0) is 14.7 Å². The van der Waals surface area contributed by atoms with Crippen molar-refractivity contribution < 1.29 is 32.0 Å². The lowest BCUT2D eigenvalue weighted by molar-refractivity contribution is -0.0584. The van der Waals surface area contributed by atoms with E-state index >= 15 is 0 Å². The molecule has 0 aliphatic carbocycles. The first-order valence-corrected chi connectivity index (χ1v) is 8.79. The van der Waals surface area contributed by atoms with Crippen LogP contribution in [0.15, 0.2) is 47.4 Å². The van der Waals surface area contributed by atoms with Crippen molar-refractivity contribution in [3.8, 4) is 0 Å². The molecule has 9 heteroatoms. The van der Waals surface area contributed by atoms with Crippen LogP contribution in [0.5, 0.6) is 0 Å². The maximum atomic E-state index is 13.6. The number of hydrogen-bond acceptors (Lipinski definition) is 6. The van der Waals surface area contributed by atoms with Crippen LogP contribution in [0.2, 0.25) is 0 Å². The van der Waals surface area contributed by atoms with Crippen LogP contribution in [0.1, 0.15) is 31.1 Å². The number of imide groups is 1. The number of carbonyl (C=O) groups is 3. The largest absolute Gasteiger partial charge is 0.363 e. The zero-order chi connectivity index (χ0) is 18.4. The number of carbonyl (C=O) groups excluding carboxylic acids is 3. The van der Waals surface area contributed by atoms with Crippen molar-refractivity contribution in [2.45, 2.75) is 4.90 Å². The van der Waals surface area contributed by atoms with Crippen LogP contribution in [-0.4, -0.2) is 37.5 Å². The fourth-order valence-electron chi connectivity index (χ4n) is 2.30. The summed E-state index contributed by atoms with van der Waals surface area (Å²) >= 11 is 0. The SMILES string of the molecule is CS(=O)(=O)c1cc(C(=O)ON2C(=O)c3ccccc3C2=O)ccc1F. The van der Waals surface area contributed by atoms with E-state index in [9.17, 15) is 27.2 Å². The number of fused-ring (bicyclic) bond motifs is 1. The first kappa shape index (κ1) is 16.8. The number of halogens is 1. The molecule has 0 spiro atoms. The van der Waals surface area contributed by atoms with Crippen molar-refractivity contribution in [1.82, 2.24) is 5.06 Å². The van der Waals surface area contributed by atoms with E-state index in [-0.39, 0.29) is 21.8 Å². The molecule has 7 nitrogen and oxygen atoms in total. The molecule has 1 aliphatic rings. The van der Waals surface area contributed by atoms with Gasteiger partial charge in [-0.05, 0) is 30.3 Å². The normalized spacial score (nSPS) is 13.8. The second-order valence-corrected chi connectivity index (χ2v) is 7.23. The van der Waals surface area contributed by atoms with Gasteiger partial charge in [-0.15, -0.1) is 0 Å². The Bertz CT molecular complexity index is 996. The van der Waals surface area contributed by atoms with E-state index in [0.29, 0.717) is 0 Å². The Morgan fingerprint density at radius 1 is 1.04 bits per heavy atom. The van der Waals surface area contributed by atoms with E-state index in [1.165, 1.54) is 12.1 Å². The molecule has 0 saturated heterocycles. The quantitative estimate of drug-likeness (QED) is 0.768. The number of nitrogens with zero attached hydrogens (tertiary/aromatic N) is 1. The third-order valence-electron chi connectivity index (χ3n) is 3.50. The maximum Gasteiger partial charge on any atom is 0.363 e. The summed E-state index contributed by atoms with van der Waals surface area (Å²) in [7, 11) is -3.91. The van der Waals surface area contributed by atoms with Crippen LogP contribution >= 0.6 is 0 Å². The van der Waals surface area contributed by atoms with Gasteiger partial charge in [0.25, 0.3) is 11.8 Å². The summed E-state index contributed by atoms with van der Waals surface area (Å²) in [6, 6.07) is 8.47. The van der Waals surface area contributed by atoms with Gasteiger partial charge in [-0.25, -0.2) is 17.6 Å². The molecule has 0 radical (unpaired) electrons. The predicted octanol–water partition coefficient (Wildman–Crippen LogP) is 1.60. The Balaban J connectivity index is 1.90. The predicted molar refractivity (Wildman–Crippen MR) is 81.9 cm³/mol. The van der Waals surface area contributed by atoms with Crippen LogP contribution in [0, 0.1) is 5.82 Å². The molecular formula is C16H10FNO6S.